The number of ketones is 1. The van der Waals surface area contributed by atoms with E-state index >= 15 is 0 Å². The molecule has 0 saturated heterocycles. The molecule has 2 heterocycles. The Balaban J connectivity index is 1.68. The fraction of sp³-hybridized carbons (Fsp3) is 0.263. The first kappa shape index (κ1) is 21.4. The van der Waals surface area contributed by atoms with Crippen molar-refractivity contribution in [3.8, 4) is 0 Å². The molecule has 2 aromatic rings. The molecular weight excluding hydrogens is 416 g/mol. The number of amides is 1. The van der Waals surface area contributed by atoms with Gasteiger partial charge in [0.05, 0.1) is 0 Å². The zero-order valence-corrected chi connectivity index (χ0v) is 16.8. The van der Waals surface area contributed by atoms with Crippen LogP contribution >= 0.6 is 11.3 Å². The summed E-state index contributed by atoms with van der Waals surface area (Å²) in [7, 11) is 0. The highest BCUT2D eigenvalue weighted by atomic mass is 32.1. The van der Waals surface area contributed by atoms with Crippen LogP contribution in [0.2, 0.25) is 0 Å². The fourth-order valence-electron chi connectivity index (χ4n) is 2.56. The quantitative estimate of drug-likeness (QED) is 0.428. The molecule has 1 amide bonds. The van der Waals surface area contributed by atoms with Gasteiger partial charge in [0, 0.05) is 17.8 Å². The lowest BCUT2D eigenvalue weighted by atomic mass is 9.91. The summed E-state index contributed by atoms with van der Waals surface area (Å²) in [6, 6.07) is 0.948. The van der Waals surface area contributed by atoms with Crippen molar-refractivity contribution in [3.05, 3.63) is 58.7 Å². The third-order valence-corrected chi connectivity index (χ3v) is 5.22. The van der Waals surface area contributed by atoms with E-state index in [2.05, 4.69) is 27.4 Å². The monoisotopic (exact) mass is 435 g/mol. The number of carbonyl (C=O) groups excluding carboxylic acids is 2. The Bertz CT molecular complexity index is 1040. The number of hydrogen-bond acceptors (Lipinski definition) is 8. The Morgan fingerprint density at radius 1 is 1.40 bits per heavy atom. The minimum atomic E-state index is -0.905. The predicted octanol–water partition coefficient (Wildman–Crippen LogP) is 3.53. The van der Waals surface area contributed by atoms with Gasteiger partial charge >= 0.3 is 0 Å². The van der Waals surface area contributed by atoms with Gasteiger partial charge in [-0.3, -0.25) is 9.59 Å². The standard InChI is InChI=1S/C19H19F2N5O3S/c1-3-10(20)5-4-9(2)23-19-25-17(22)16(30-19)15(27)14-8-13(26-29-14)18(28)24-12-6-11(21)7-12/h3-5,8,11-12H,1,6-7,22H2,2H3,(H,23,25)(H,24,28)/b9-4+,10-5+. The van der Waals surface area contributed by atoms with Crippen LogP contribution in [0.25, 0.3) is 0 Å². The molecule has 0 unspecified atom stereocenters. The Kier molecular flexibility index (Phi) is 6.40. The molecule has 0 spiro atoms. The highest BCUT2D eigenvalue weighted by Crippen LogP contribution is 2.29. The molecule has 4 N–H and O–H groups in total. The first-order valence-electron chi connectivity index (χ1n) is 8.93. The van der Waals surface area contributed by atoms with Gasteiger partial charge in [-0.1, -0.05) is 23.1 Å². The van der Waals surface area contributed by atoms with Gasteiger partial charge < -0.3 is 20.9 Å². The lowest BCUT2D eigenvalue weighted by Gasteiger charge is -2.29. The third-order valence-electron chi connectivity index (χ3n) is 4.23. The van der Waals surface area contributed by atoms with Gasteiger partial charge in [-0.05, 0) is 38.0 Å². The lowest BCUT2D eigenvalue weighted by Crippen LogP contribution is -2.45. The second kappa shape index (κ2) is 8.99. The summed E-state index contributed by atoms with van der Waals surface area (Å²) >= 11 is 0.970. The van der Waals surface area contributed by atoms with Crippen LogP contribution in [0.5, 0.6) is 0 Å². The number of anilines is 2. The summed E-state index contributed by atoms with van der Waals surface area (Å²) in [5.41, 5.74) is 6.30. The van der Waals surface area contributed by atoms with E-state index in [0.29, 0.717) is 10.8 Å². The number of allylic oxidation sites excluding steroid dienone is 5. The van der Waals surface area contributed by atoms with Crippen molar-refractivity contribution in [2.75, 3.05) is 11.1 Å². The first-order chi connectivity index (χ1) is 14.3. The van der Waals surface area contributed by atoms with Crippen LogP contribution in [-0.4, -0.2) is 34.0 Å². The highest BCUT2D eigenvalue weighted by molar-refractivity contribution is 7.18. The van der Waals surface area contributed by atoms with Crippen molar-refractivity contribution in [1.82, 2.24) is 15.5 Å². The van der Waals surface area contributed by atoms with Gasteiger partial charge in [-0.15, -0.1) is 0 Å². The van der Waals surface area contributed by atoms with Crippen molar-refractivity contribution < 1.29 is 22.9 Å². The summed E-state index contributed by atoms with van der Waals surface area (Å²) in [5.74, 6) is -1.84. The van der Waals surface area contributed by atoms with Crippen molar-refractivity contribution in [1.29, 1.82) is 0 Å². The van der Waals surface area contributed by atoms with E-state index in [1.807, 2.05) is 0 Å². The minimum absolute atomic E-state index is 0.0287. The number of aromatic nitrogens is 2. The van der Waals surface area contributed by atoms with E-state index in [9.17, 15) is 18.4 Å². The molecule has 0 aliphatic heterocycles. The van der Waals surface area contributed by atoms with E-state index in [1.165, 1.54) is 18.2 Å². The van der Waals surface area contributed by atoms with Crippen LogP contribution in [-0.2, 0) is 0 Å². The van der Waals surface area contributed by atoms with E-state index in [4.69, 9.17) is 10.3 Å². The molecule has 2 aromatic heterocycles. The van der Waals surface area contributed by atoms with Crippen molar-refractivity contribution in [2.24, 2.45) is 0 Å². The van der Waals surface area contributed by atoms with Crippen LogP contribution in [0.15, 0.2) is 46.9 Å². The number of hydrogen-bond donors (Lipinski definition) is 3. The molecular formula is C19H19F2N5O3S. The van der Waals surface area contributed by atoms with Gasteiger partial charge in [0.2, 0.25) is 11.5 Å². The summed E-state index contributed by atoms with van der Waals surface area (Å²) in [5, 5.41) is 9.43. The molecule has 1 saturated carbocycles. The fourth-order valence-corrected chi connectivity index (χ4v) is 3.45. The number of rotatable bonds is 8. The van der Waals surface area contributed by atoms with E-state index in [-0.39, 0.29) is 41.0 Å². The highest BCUT2D eigenvalue weighted by Gasteiger charge is 2.31. The number of nitrogen functional groups attached to an aromatic ring is 1. The number of nitrogens with two attached hydrogens (primary N) is 1. The Morgan fingerprint density at radius 3 is 2.80 bits per heavy atom. The maximum atomic E-state index is 13.1. The van der Waals surface area contributed by atoms with Crippen molar-refractivity contribution >= 4 is 34.0 Å². The topological polar surface area (TPSA) is 123 Å². The Morgan fingerprint density at radius 2 is 2.13 bits per heavy atom. The van der Waals surface area contributed by atoms with Gasteiger partial charge in [-0.2, -0.15) is 0 Å². The molecule has 3 rings (SSSR count). The lowest BCUT2D eigenvalue weighted by molar-refractivity contribution is 0.0849. The predicted molar refractivity (Wildman–Crippen MR) is 109 cm³/mol. The van der Waals surface area contributed by atoms with Crippen LogP contribution in [0.3, 0.4) is 0 Å². The van der Waals surface area contributed by atoms with Crippen LogP contribution < -0.4 is 16.4 Å². The van der Waals surface area contributed by atoms with Crippen LogP contribution in [0.4, 0.5) is 19.7 Å². The number of nitrogens with zero attached hydrogens (tertiary/aromatic N) is 2. The molecule has 8 nitrogen and oxygen atoms in total. The molecule has 11 heteroatoms. The summed E-state index contributed by atoms with van der Waals surface area (Å²) < 4.78 is 30.9. The summed E-state index contributed by atoms with van der Waals surface area (Å²) in [6.07, 6.45) is 3.37. The summed E-state index contributed by atoms with van der Waals surface area (Å²) in [4.78, 5) is 28.9. The van der Waals surface area contributed by atoms with E-state index < -0.39 is 23.7 Å². The number of halogens is 2. The van der Waals surface area contributed by atoms with E-state index in [0.717, 1.165) is 17.4 Å². The number of thiazole rings is 1. The number of carbonyl (C=O) groups is 2. The zero-order valence-electron chi connectivity index (χ0n) is 15.9. The maximum Gasteiger partial charge on any atom is 0.273 e. The minimum Gasteiger partial charge on any atom is -0.382 e. The molecule has 0 atom stereocenters. The zero-order chi connectivity index (χ0) is 21.8. The molecule has 1 fully saturated rings. The van der Waals surface area contributed by atoms with Crippen molar-refractivity contribution in [2.45, 2.75) is 32.0 Å². The molecule has 30 heavy (non-hydrogen) atoms. The van der Waals surface area contributed by atoms with Crippen LogP contribution in [0, 0.1) is 0 Å². The molecule has 0 aromatic carbocycles. The average molecular weight is 435 g/mol. The smallest absolute Gasteiger partial charge is 0.273 e. The molecule has 158 valence electrons. The number of nitrogens with one attached hydrogen (secondary N) is 2. The Hall–Kier alpha value is -3.34. The molecule has 1 aliphatic carbocycles. The second-order valence-electron chi connectivity index (χ2n) is 6.61. The number of alkyl halides is 1. The molecule has 0 radical (unpaired) electrons. The van der Waals surface area contributed by atoms with Gasteiger partial charge in [-0.25, -0.2) is 13.8 Å². The normalized spacial score (nSPS) is 19.2. The maximum absolute atomic E-state index is 13.1. The Labute approximate surface area is 174 Å². The van der Waals surface area contributed by atoms with Gasteiger partial charge in [0.25, 0.3) is 5.91 Å². The van der Waals surface area contributed by atoms with Crippen molar-refractivity contribution in [3.63, 3.8) is 0 Å². The van der Waals surface area contributed by atoms with E-state index in [1.54, 1.807) is 6.92 Å². The van der Waals surface area contributed by atoms with Crippen LogP contribution in [0.1, 0.15) is 45.7 Å². The average Bonchev–Trinajstić information content (AvgIpc) is 3.31. The SMILES string of the molecule is C=C/C(F)=C\C=C(/C)Nc1nc(N)c(C(=O)c2cc(C(=O)NC3CC(F)C3)no2)s1. The summed E-state index contributed by atoms with van der Waals surface area (Å²) in [6.45, 7) is 4.99. The first-order valence-corrected chi connectivity index (χ1v) is 9.74. The van der Waals surface area contributed by atoms with Gasteiger partial charge in [0.15, 0.2) is 10.8 Å². The third kappa shape index (κ3) is 4.98. The largest absolute Gasteiger partial charge is 0.382 e. The molecule has 0 bridgehead atoms. The second-order valence-corrected chi connectivity index (χ2v) is 7.61. The molecule has 1 aliphatic rings. The van der Waals surface area contributed by atoms with Gasteiger partial charge in [0.1, 0.15) is 22.7 Å².